The molecule has 1 heterocycles. The minimum Gasteiger partial charge on any atom is -0.398 e. The highest BCUT2D eigenvalue weighted by Gasteiger charge is 2.36. The number of rotatable bonds is 5. The Morgan fingerprint density at radius 3 is 2.46 bits per heavy atom. The van der Waals surface area contributed by atoms with Gasteiger partial charge in [0.05, 0.1) is 0 Å². The summed E-state index contributed by atoms with van der Waals surface area (Å²) in [6.45, 7) is 8.30. The predicted molar refractivity (Wildman–Crippen MR) is 96.6 cm³/mol. The first kappa shape index (κ1) is 21.6. The molecule has 0 saturated heterocycles. The van der Waals surface area contributed by atoms with Crippen molar-refractivity contribution in [1.29, 1.82) is 0 Å². The number of likely N-dealkylation sites (N-methyl/N-ethyl adjacent to an activating group) is 1. The zero-order valence-electron chi connectivity index (χ0n) is 15.3. The first-order valence-corrected chi connectivity index (χ1v) is 8.43. The lowest BCUT2D eigenvalue weighted by molar-refractivity contribution is -0.125. The number of nitrogen functional groups attached to an aromatic ring is 1. The Morgan fingerprint density at radius 2 is 1.96 bits per heavy atom. The third-order valence-corrected chi connectivity index (χ3v) is 3.52. The van der Waals surface area contributed by atoms with Crippen LogP contribution in [0.25, 0.3) is 0 Å². The lowest BCUT2D eigenvalue weighted by atomic mass is 10.1. The fraction of sp³-hybridized carbons (Fsp3) is 0.500. The lowest BCUT2D eigenvalue weighted by Gasteiger charge is -2.25. The predicted octanol–water partition coefficient (Wildman–Crippen LogP) is 2.37. The molecule has 24 heavy (non-hydrogen) atoms. The highest BCUT2D eigenvalue weighted by atomic mass is 16.2. The summed E-state index contributed by atoms with van der Waals surface area (Å²) in [5, 5.41) is 2.53. The van der Waals surface area contributed by atoms with Crippen LogP contribution >= 0.6 is 0 Å². The van der Waals surface area contributed by atoms with E-state index in [1.54, 1.807) is 18.2 Å². The highest BCUT2D eigenvalue weighted by molar-refractivity contribution is 6.02. The van der Waals surface area contributed by atoms with Crippen molar-refractivity contribution in [3.8, 4) is 0 Å². The summed E-state index contributed by atoms with van der Waals surface area (Å²) >= 11 is 0. The van der Waals surface area contributed by atoms with Crippen LogP contribution in [0.2, 0.25) is 0 Å². The first-order chi connectivity index (χ1) is 11.6. The number of amides is 2. The van der Waals surface area contributed by atoms with Gasteiger partial charge >= 0.3 is 0 Å². The van der Waals surface area contributed by atoms with E-state index in [0.29, 0.717) is 24.2 Å². The molecule has 3 N–H and O–H groups in total. The first-order valence-electron chi connectivity index (χ1n) is 8.43. The van der Waals surface area contributed by atoms with E-state index in [1.165, 1.54) is 11.9 Å². The number of fused-ring (bicyclic) bond motifs is 1. The average Bonchev–Trinajstić information content (AvgIpc) is 2.97. The highest BCUT2D eigenvalue weighted by Crippen LogP contribution is 2.29. The molecular formula is C18H29N3O3. The molecule has 1 aromatic rings. The number of carbonyl (C=O) groups excluding carboxylic acids is 3. The van der Waals surface area contributed by atoms with Crippen LogP contribution in [0.3, 0.4) is 0 Å². The SMILES string of the molecule is CC.CC.CNC(=O)C(CCC=O)N1Cc2c(N)cccc2C1=O. The largest absolute Gasteiger partial charge is 0.398 e. The molecule has 1 aliphatic rings. The van der Waals surface area contributed by atoms with Crippen LogP contribution < -0.4 is 11.1 Å². The Bertz CT molecular complexity index is 558. The normalized spacial score (nSPS) is 12.9. The summed E-state index contributed by atoms with van der Waals surface area (Å²) in [5.41, 5.74) is 7.70. The van der Waals surface area contributed by atoms with Crippen LogP contribution in [0.1, 0.15) is 56.5 Å². The molecule has 1 unspecified atom stereocenters. The van der Waals surface area contributed by atoms with Crippen LogP contribution in [0.4, 0.5) is 5.69 Å². The summed E-state index contributed by atoms with van der Waals surface area (Å²) in [6, 6.07) is 4.50. The van der Waals surface area contributed by atoms with Crippen molar-refractivity contribution in [3.63, 3.8) is 0 Å². The van der Waals surface area contributed by atoms with Crippen molar-refractivity contribution >= 4 is 23.8 Å². The summed E-state index contributed by atoms with van der Waals surface area (Å²) in [7, 11) is 1.51. The zero-order chi connectivity index (χ0) is 18.7. The van der Waals surface area contributed by atoms with E-state index in [1.807, 2.05) is 27.7 Å². The van der Waals surface area contributed by atoms with Gasteiger partial charge in [-0.15, -0.1) is 0 Å². The molecule has 0 fully saturated rings. The van der Waals surface area contributed by atoms with E-state index in [-0.39, 0.29) is 18.2 Å². The maximum Gasteiger partial charge on any atom is 0.255 e. The Labute approximate surface area is 144 Å². The molecule has 0 aromatic heterocycles. The van der Waals surface area contributed by atoms with E-state index in [4.69, 9.17) is 5.73 Å². The number of nitrogens with two attached hydrogens (primary N) is 1. The van der Waals surface area contributed by atoms with Crippen LogP contribution in [-0.2, 0) is 16.1 Å². The average molecular weight is 335 g/mol. The number of hydrogen-bond donors (Lipinski definition) is 2. The van der Waals surface area contributed by atoms with Crippen molar-refractivity contribution in [2.24, 2.45) is 0 Å². The molecule has 1 atom stereocenters. The molecule has 0 radical (unpaired) electrons. The molecule has 6 heteroatoms. The van der Waals surface area contributed by atoms with Gasteiger partial charge in [0.25, 0.3) is 5.91 Å². The summed E-state index contributed by atoms with van der Waals surface area (Å²) in [4.78, 5) is 36.3. The third kappa shape index (κ3) is 4.81. The minimum atomic E-state index is -0.649. The fourth-order valence-corrected chi connectivity index (χ4v) is 2.45. The van der Waals surface area contributed by atoms with Crippen LogP contribution in [-0.4, -0.2) is 36.1 Å². The van der Waals surface area contributed by atoms with E-state index in [0.717, 1.165) is 11.8 Å². The third-order valence-electron chi connectivity index (χ3n) is 3.52. The zero-order valence-corrected chi connectivity index (χ0v) is 15.3. The van der Waals surface area contributed by atoms with Crippen molar-refractivity contribution in [3.05, 3.63) is 29.3 Å². The molecule has 2 amide bonds. The van der Waals surface area contributed by atoms with Gasteiger partial charge in [0, 0.05) is 36.8 Å². The summed E-state index contributed by atoms with van der Waals surface area (Å²) in [5.74, 6) is -0.488. The number of hydrogen-bond acceptors (Lipinski definition) is 4. The Morgan fingerprint density at radius 1 is 1.33 bits per heavy atom. The van der Waals surface area contributed by atoms with Gasteiger partial charge in [-0.25, -0.2) is 0 Å². The van der Waals surface area contributed by atoms with Crippen LogP contribution in [0, 0.1) is 0 Å². The summed E-state index contributed by atoms with van der Waals surface area (Å²) in [6.07, 6.45) is 1.29. The van der Waals surface area contributed by atoms with E-state index < -0.39 is 6.04 Å². The summed E-state index contributed by atoms with van der Waals surface area (Å²) < 4.78 is 0. The van der Waals surface area contributed by atoms with Crippen LogP contribution in [0.5, 0.6) is 0 Å². The smallest absolute Gasteiger partial charge is 0.255 e. The second-order valence-electron chi connectivity index (χ2n) is 4.68. The van der Waals surface area contributed by atoms with E-state index >= 15 is 0 Å². The van der Waals surface area contributed by atoms with Gasteiger partial charge in [-0.05, 0) is 18.6 Å². The van der Waals surface area contributed by atoms with Crippen molar-refractivity contribution in [1.82, 2.24) is 10.2 Å². The Hall–Kier alpha value is -2.37. The molecule has 1 aromatic carbocycles. The maximum absolute atomic E-state index is 12.4. The molecule has 0 saturated carbocycles. The number of benzene rings is 1. The van der Waals surface area contributed by atoms with Gasteiger partial charge in [-0.3, -0.25) is 9.59 Å². The van der Waals surface area contributed by atoms with Gasteiger partial charge in [0.15, 0.2) is 0 Å². The molecule has 0 aliphatic carbocycles. The van der Waals surface area contributed by atoms with E-state index in [9.17, 15) is 14.4 Å². The Kier molecular flexibility index (Phi) is 10.1. The molecule has 6 nitrogen and oxygen atoms in total. The molecule has 1 aliphatic heterocycles. The van der Waals surface area contributed by atoms with Gasteiger partial charge in [-0.2, -0.15) is 0 Å². The molecule has 2 rings (SSSR count). The van der Waals surface area contributed by atoms with Gasteiger partial charge in [0.2, 0.25) is 5.91 Å². The molecule has 134 valence electrons. The standard InChI is InChI=1S/C14H17N3O3.2C2H6/c1-16-13(19)12(6-3-7-18)17-8-10-9(14(17)20)4-2-5-11(10)15;2*1-2/h2,4-5,7,12H,3,6,8,15H2,1H3,(H,16,19);2*1-2H3. The molecule has 0 spiro atoms. The number of carbonyl (C=O) groups is 3. The van der Waals surface area contributed by atoms with Crippen LogP contribution in [0.15, 0.2) is 18.2 Å². The minimum absolute atomic E-state index is 0.216. The molecule has 0 bridgehead atoms. The van der Waals surface area contributed by atoms with Crippen molar-refractivity contribution in [2.75, 3.05) is 12.8 Å². The Balaban J connectivity index is 0.00000123. The van der Waals surface area contributed by atoms with E-state index in [2.05, 4.69) is 5.32 Å². The van der Waals surface area contributed by atoms with Gasteiger partial charge in [-0.1, -0.05) is 33.8 Å². The maximum atomic E-state index is 12.4. The lowest BCUT2D eigenvalue weighted by Crippen LogP contribution is -2.46. The second-order valence-corrected chi connectivity index (χ2v) is 4.68. The second kappa shape index (κ2) is 11.2. The number of nitrogens with one attached hydrogen (secondary N) is 1. The van der Waals surface area contributed by atoms with Gasteiger partial charge < -0.3 is 20.7 Å². The van der Waals surface area contributed by atoms with Gasteiger partial charge in [0.1, 0.15) is 12.3 Å². The van der Waals surface area contributed by atoms with Crippen molar-refractivity contribution < 1.29 is 14.4 Å². The number of nitrogens with zero attached hydrogens (tertiary/aromatic N) is 1. The van der Waals surface area contributed by atoms with Crippen molar-refractivity contribution in [2.45, 2.75) is 53.1 Å². The number of aldehydes is 1. The quantitative estimate of drug-likeness (QED) is 0.638. The fourth-order valence-electron chi connectivity index (χ4n) is 2.45. The topological polar surface area (TPSA) is 92.5 Å². The monoisotopic (exact) mass is 335 g/mol. The number of anilines is 1. The molecular weight excluding hydrogens is 306 g/mol.